The second-order valence-electron chi connectivity index (χ2n) is 4.23. The normalized spacial score (nSPS) is 19.5. The lowest BCUT2D eigenvalue weighted by atomic mass is 10.1. The van der Waals surface area contributed by atoms with E-state index in [2.05, 4.69) is 11.4 Å². The second-order valence-corrected chi connectivity index (χ2v) is 6.53. The summed E-state index contributed by atoms with van der Waals surface area (Å²) in [5.74, 6) is 0.471. The van der Waals surface area contributed by atoms with E-state index in [4.69, 9.17) is 5.26 Å². The van der Waals surface area contributed by atoms with Gasteiger partial charge in [-0.15, -0.1) is 0 Å². The highest BCUT2D eigenvalue weighted by Crippen LogP contribution is 2.20. The van der Waals surface area contributed by atoms with Gasteiger partial charge >= 0.3 is 0 Å². The molecule has 0 unspecified atom stereocenters. The van der Waals surface area contributed by atoms with Gasteiger partial charge in [-0.25, -0.2) is 8.42 Å². The lowest BCUT2D eigenvalue weighted by Crippen LogP contribution is -2.32. The van der Waals surface area contributed by atoms with E-state index in [0.29, 0.717) is 18.4 Å². The molecule has 0 amide bonds. The van der Waals surface area contributed by atoms with Crippen LogP contribution in [-0.2, 0) is 9.84 Å². The molecule has 2 rings (SSSR count). The predicted molar refractivity (Wildman–Crippen MR) is 66.5 cm³/mol. The number of sulfone groups is 1. The third-order valence-electron chi connectivity index (χ3n) is 2.96. The van der Waals surface area contributed by atoms with Crippen LogP contribution in [-0.4, -0.2) is 26.0 Å². The van der Waals surface area contributed by atoms with Crippen LogP contribution >= 0.6 is 0 Å². The van der Waals surface area contributed by atoms with Gasteiger partial charge in [-0.2, -0.15) is 5.26 Å². The second kappa shape index (κ2) is 4.76. The quantitative estimate of drug-likeness (QED) is 0.864. The van der Waals surface area contributed by atoms with Gasteiger partial charge in [-0.1, -0.05) is 12.1 Å². The maximum atomic E-state index is 11.3. The molecular weight excluding hydrogens is 236 g/mol. The van der Waals surface area contributed by atoms with E-state index in [9.17, 15) is 8.42 Å². The van der Waals surface area contributed by atoms with Gasteiger partial charge in [0.25, 0.3) is 0 Å². The summed E-state index contributed by atoms with van der Waals surface area (Å²) in [5, 5.41) is 12.2. The molecule has 0 aromatic heterocycles. The van der Waals surface area contributed by atoms with Crippen molar-refractivity contribution in [2.45, 2.75) is 18.9 Å². The molecule has 0 spiro atoms. The minimum Gasteiger partial charge on any atom is -0.381 e. The summed E-state index contributed by atoms with van der Waals surface area (Å²) >= 11 is 0. The number of benzene rings is 1. The molecule has 1 saturated heterocycles. The van der Waals surface area contributed by atoms with Gasteiger partial charge in [-0.3, -0.25) is 0 Å². The first kappa shape index (κ1) is 11.9. The highest BCUT2D eigenvalue weighted by Gasteiger charge is 2.23. The molecule has 1 N–H and O–H groups in total. The number of hydrogen-bond donors (Lipinski definition) is 1. The van der Waals surface area contributed by atoms with Crippen molar-refractivity contribution in [3.05, 3.63) is 29.8 Å². The van der Waals surface area contributed by atoms with Crippen molar-refractivity contribution >= 4 is 15.5 Å². The van der Waals surface area contributed by atoms with Gasteiger partial charge in [0.15, 0.2) is 0 Å². The van der Waals surface area contributed by atoms with Crippen LogP contribution in [0.1, 0.15) is 18.4 Å². The molecule has 1 heterocycles. The van der Waals surface area contributed by atoms with Crippen LogP contribution in [0.5, 0.6) is 0 Å². The van der Waals surface area contributed by atoms with Gasteiger partial charge in [0.05, 0.1) is 22.8 Å². The highest BCUT2D eigenvalue weighted by molar-refractivity contribution is 7.91. The summed E-state index contributed by atoms with van der Waals surface area (Å²) in [6.07, 6.45) is 1.23. The van der Waals surface area contributed by atoms with Crippen LogP contribution in [0.15, 0.2) is 24.3 Å². The first-order valence-electron chi connectivity index (χ1n) is 5.57. The van der Waals surface area contributed by atoms with Crippen LogP contribution in [0.3, 0.4) is 0 Å². The topological polar surface area (TPSA) is 70.0 Å². The smallest absolute Gasteiger partial charge is 0.150 e. The monoisotopic (exact) mass is 250 g/mol. The zero-order chi connectivity index (χ0) is 12.3. The molecular formula is C12H14N2O2S. The molecule has 0 atom stereocenters. The van der Waals surface area contributed by atoms with Gasteiger partial charge in [0.1, 0.15) is 15.9 Å². The van der Waals surface area contributed by atoms with Crippen molar-refractivity contribution in [3.63, 3.8) is 0 Å². The fourth-order valence-corrected chi connectivity index (χ4v) is 3.45. The van der Waals surface area contributed by atoms with E-state index >= 15 is 0 Å². The van der Waals surface area contributed by atoms with E-state index in [1.54, 1.807) is 6.07 Å². The molecule has 0 saturated carbocycles. The number of rotatable bonds is 2. The third-order valence-corrected chi connectivity index (χ3v) is 4.68. The summed E-state index contributed by atoms with van der Waals surface area (Å²) in [6, 6.07) is 9.55. The van der Waals surface area contributed by atoms with E-state index in [1.807, 2.05) is 18.2 Å². The summed E-state index contributed by atoms with van der Waals surface area (Å²) in [5.41, 5.74) is 1.39. The van der Waals surface area contributed by atoms with Gasteiger partial charge in [-0.05, 0) is 25.0 Å². The summed E-state index contributed by atoms with van der Waals surface area (Å²) in [4.78, 5) is 0. The molecule has 1 aliphatic rings. The van der Waals surface area contributed by atoms with Crippen molar-refractivity contribution in [3.8, 4) is 6.07 Å². The first-order chi connectivity index (χ1) is 8.11. The molecule has 1 aliphatic heterocycles. The Bertz CT molecular complexity index is 532. The molecule has 90 valence electrons. The number of hydrogen-bond acceptors (Lipinski definition) is 4. The minimum absolute atomic E-state index is 0.146. The molecule has 1 fully saturated rings. The molecule has 1 aromatic carbocycles. The Balaban J connectivity index is 2.05. The van der Waals surface area contributed by atoms with E-state index in [-0.39, 0.29) is 17.5 Å². The molecule has 0 bridgehead atoms. The average Bonchev–Trinajstić information content (AvgIpc) is 2.32. The largest absolute Gasteiger partial charge is 0.381 e. The Morgan fingerprint density at radius 1 is 1.24 bits per heavy atom. The average molecular weight is 250 g/mol. The Morgan fingerprint density at radius 2 is 1.88 bits per heavy atom. The maximum absolute atomic E-state index is 11.3. The molecule has 4 nitrogen and oxygen atoms in total. The van der Waals surface area contributed by atoms with E-state index in [0.717, 1.165) is 5.69 Å². The number of nitrogens with one attached hydrogen (secondary N) is 1. The van der Waals surface area contributed by atoms with Crippen LogP contribution in [0.4, 0.5) is 5.69 Å². The van der Waals surface area contributed by atoms with E-state index < -0.39 is 9.84 Å². The van der Waals surface area contributed by atoms with Crippen molar-refractivity contribution in [2.75, 3.05) is 16.8 Å². The lowest BCUT2D eigenvalue weighted by molar-refractivity contribution is 0.559. The minimum atomic E-state index is -2.83. The van der Waals surface area contributed by atoms with E-state index in [1.165, 1.54) is 0 Å². The first-order valence-corrected chi connectivity index (χ1v) is 7.39. The molecule has 0 radical (unpaired) electrons. The molecule has 5 heteroatoms. The SMILES string of the molecule is N#Cc1ccccc1NC1CCS(=O)(=O)CC1. The van der Waals surface area contributed by atoms with Gasteiger partial charge < -0.3 is 5.32 Å². The zero-order valence-electron chi connectivity index (χ0n) is 9.39. The Hall–Kier alpha value is -1.54. The molecule has 17 heavy (non-hydrogen) atoms. The third kappa shape index (κ3) is 2.98. The van der Waals surface area contributed by atoms with Crippen LogP contribution in [0.25, 0.3) is 0 Å². The van der Waals surface area contributed by atoms with Crippen LogP contribution < -0.4 is 5.32 Å². The van der Waals surface area contributed by atoms with Crippen molar-refractivity contribution in [1.29, 1.82) is 5.26 Å². The van der Waals surface area contributed by atoms with Crippen LogP contribution in [0, 0.1) is 11.3 Å². The Kier molecular flexibility index (Phi) is 3.34. The molecule has 1 aromatic rings. The fourth-order valence-electron chi connectivity index (χ4n) is 1.96. The Labute approximate surface area is 101 Å². The summed E-state index contributed by atoms with van der Waals surface area (Å²) in [7, 11) is -2.83. The summed E-state index contributed by atoms with van der Waals surface area (Å²) < 4.78 is 22.6. The standard InChI is InChI=1S/C12H14N2O2S/c13-9-10-3-1-2-4-12(10)14-11-5-7-17(15,16)8-6-11/h1-4,11,14H,5-8H2. The number of nitrogens with zero attached hydrogens (tertiary/aromatic N) is 1. The lowest BCUT2D eigenvalue weighted by Gasteiger charge is -2.24. The predicted octanol–water partition coefficient (Wildman–Crippen LogP) is 1.55. The summed E-state index contributed by atoms with van der Waals surface area (Å²) in [6.45, 7) is 0. The van der Waals surface area contributed by atoms with Crippen molar-refractivity contribution < 1.29 is 8.42 Å². The highest BCUT2D eigenvalue weighted by atomic mass is 32.2. The fraction of sp³-hybridized carbons (Fsp3) is 0.417. The maximum Gasteiger partial charge on any atom is 0.150 e. The number of para-hydroxylation sites is 1. The van der Waals surface area contributed by atoms with Crippen molar-refractivity contribution in [2.24, 2.45) is 0 Å². The van der Waals surface area contributed by atoms with Gasteiger partial charge in [0.2, 0.25) is 0 Å². The molecule has 0 aliphatic carbocycles. The van der Waals surface area contributed by atoms with Crippen molar-refractivity contribution in [1.82, 2.24) is 0 Å². The van der Waals surface area contributed by atoms with Crippen LogP contribution in [0.2, 0.25) is 0 Å². The number of anilines is 1. The number of nitriles is 1. The zero-order valence-corrected chi connectivity index (χ0v) is 10.2. The Morgan fingerprint density at radius 3 is 2.53 bits per heavy atom. The van der Waals surface area contributed by atoms with Gasteiger partial charge in [0, 0.05) is 6.04 Å².